The minimum atomic E-state index is -0.598. The zero-order chi connectivity index (χ0) is 10.6. The molecule has 0 unspecified atom stereocenters. The number of hydrogen-bond donors (Lipinski definition) is 0. The molecule has 1 heterocycles. The van der Waals surface area contributed by atoms with E-state index < -0.39 is 5.97 Å². The minimum absolute atomic E-state index is 0.00458. The lowest BCUT2D eigenvalue weighted by Crippen LogP contribution is -2.27. The van der Waals surface area contributed by atoms with Crippen molar-refractivity contribution in [1.82, 2.24) is 4.49 Å². The van der Waals surface area contributed by atoms with Gasteiger partial charge in [0.1, 0.15) is 10.5 Å². The monoisotopic (exact) mass is 211 g/mol. The summed E-state index contributed by atoms with van der Waals surface area (Å²) in [6.07, 6.45) is 1.61. The highest BCUT2D eigenvalue weighted by molar-refractivity contribution is 7.07. The molecule has 0 aromatic carbocycles. The molecule has 74 valence electrons. The second-order valence-corrected chi connectivity index (χ2v) is 3.23. The van der Waals surface area contributed by atoms with E-state index in [1.54, 1.807) is 20.2 Å². The van der Waals surface area contributed by atoms with Gasteiger partial charge in [0.25, 0.3) is 0 Å². The van der Waals surface area contributed by atoms with E-state index in [1.807, 2.05) is 5.87 Å². The van der Waals surface area contributed by atoms with Crippen molar-refractivity contribution >= 4 is 28.9 Å². The van der Waals surface area contributed by atoms with Gasteiger partial charge in [0.05, 0.1) is 11.1 Å². The molecule has 0 bridgehead atoms. The maximum atomic E-state index is 11.3. The lowest BCUT2D eigenvalue weighted by atomic mass is 10.3. The van der Waals surface area contributed by atoms with Crippen molar-refractivity contribution in [1.29, 1.82) is 0 Å². The molecule has 5 nitrogen and oxygen atoms in total. The molecule has 0 saturated heterocycles. The van der Waals surface area contributed by atoms with Crippen LogP contribution in [0.15, 0.2) is 6.20 Å². The van der Waals surface area contributed by atoms with E-state index >= 15 is 0 Å². The third kappa shape index (κ3) is 2.25. The average molecular weight is 211 g/mol. The quantitative estimate of drug-likeness (QED) is 0.309. The van der Waals surface area contributed by atoms with Crippen molar-refractivity contribution in [3.63, 3.8) is 0 Å². The summed E-state index contributed by atoms with van der Waals surface area (Å²) in [5, 5.41) is 8.77. The van der Waals surface area contributed by atoms with Crippen molar-refractivity contribution in [2.24, 2.45) is 7.05 Å². The summed E-state index contributed by atoms with van der Waals surface area (Å²) in [6, 6.07) is 0. The van der Waals surface area contributed by atoms with Gasteiger partial charge in [-0.25, -0.2) is 4.79 Å². The van der Waals surface area contributed by atoms with Crippen molar-refractivity contribution < 1.29 is 14.2 Å². The Morgan fingerprint density at radius 3 is 3.00 bits per heavy atom. The van der Waals surface area contributed by atoms with Gasteiger partial charge < -0.3 is 10.1 Å². The molecular formula is C8H9N3O2S. The van der Waals surface area contributed by atoms with Crippen molar-refractivity contribution in [3.8, 4) is 0 Å². The predicted octanol–water partition coefficient (Wildman–Crippen LogP) is 0.153. The van der Waals surface area contributed by atoms with Gasteiger partial charge in [0, 0.05) is 11.5 Å². The van der Waals surface area contributed by atoms with Gasteiger partial charge in [-0.3, -0.25) is 5.87 Å². The van der Waals surface area contributed by atoms with E-state index in [9.17, 15) is 4.79 Å². The summed E-state index contributed by atoms with van der Waals surface area (Å²) in [5.41, 5.74) is 0.00458. The summed E-state index contributed by atoms with van der Waals surface area (Å²) in [5.74, 6) is 1.22. The van der Waals surface area contributed by atoms with Crippen LogP contribution in [0.5, 0.6) is 0 Å². The van der Waals surface area contributed by atoms with E-state index in [2.05, 4.69) is 4.49 Å². The molecule has 0 aliphatic carbocycles. The third-order valence-corrected chi connectivity index (χ3v) is 2.26. The minimum Gasteiger partial charge on any atom is -0.763 e. The average Bonchev–Trinajstić information content (AvgIpc) is 2.54. The van der Waals surface area contributed by atoms with E-state index in [4.69, 9.17) is 10.1 Å². The largest absolute Gasteiger partial charge is 0.763 e. The van der Waals surface area contributed by atoms with Gasteiger partial charge in [-0.1, -0.05) is 4.68 Å². The summed E-state index contributed by atoms with van der Waals surface area (Å²) in [7, 11) is 1.72. The Labute approximate surface area is 85.3 Å². The summed E-state index contributed by atoms with van der Waals surface area (Å²) in [4.78, 5) is 11.8. The van der Waals surface area contributed by atoms with Gasteiger partial charge >= 0.3 is 5.97 Å². The summed E-state index contributed by atoms with van der Waals surface area (Å²) in [6.45, 7) is 1.95. The van der Waals surface area contributed by atoms with Crippen LogP contribution in [0.4, 0.5) is 0 Å². The number of esters is 1. The SMILES string of the molecule is CCOC(=O)C(=C=[N-])c1c[n+](C)ns1. The number of carbonyl (C=O) groups excluding carboxylic acids is 1. The fourth-order valence-corrected chi connectivity index (χ4v) is 1.52. The maximum Gasteiger partial charge on any atom is 0.345 e. The molecule has 0 aliphatic heterocycles. The third-order valence-electron chi connectivity index (χ3n) is 1.41. The van der Waals surface area contributed by atoms with E-state index in [0.717, 1.165) is 11.5 Å². The Balaban J connectivity index is 2.94. The molecule has 1 aromatic rings. The fraction of sp³-hybridized carbons (Fsp3) is 0.375. The van der Waals surface area contributed by atoms with E-state index in [-0.39, 0.29) is 12.2 Å². The van der Waals surface area contributed by atoms with E-state index in [0.29, 0.717) is 4.88 Å². The Morgan fingerprint density at radius 2 is 2.57 bits per heavy atom. The van der Waals surface area contributed by atoms with Crippen LogP contribution in [-0.4, -0.2) is 22.9 Å². The highest BCUT2D eigenvalue weighted by atomic mass is 32.1. The zero-order valence-corrected chi connectivity index (χ0v) is 8.67. The Bertz CT molecular complexity index is 393. The van der Waals surface area contributed by atoms with Gasteiger partial charge in [0.2, 0.25) is 6.20 Å². The zero-order valence-electron chi connectivity index (χ0n) is 7.85. The standard InChI is InChI=1S/C8H9N3O2S/c1-3-13-8(12)6(4-9)7-5-11(2)10-14-7/h5H,3H2,1-2H3. The first kappa shape index (κ1) is 10.6. The van der Waals surface area contributed by atoms with Gasteiger partial charge in [0.15, 0.2) is 7.05 Å². The molecule has 6 heteroatoms. The topological polar surface area (TPSA) is 65.4 Å². The van der Waals surface area contributed by atoms with Crippen LogP contribution in [0.1, 0.15) is 11.8 Å². The molecule has 0 spiro atoms. The van der Waals surface area contributed by atoms with Crippen LogP contribution < -0.4 is 4.68 Å². The number of hydrogen-bond acceptors (Lipinski definition) is 4. The molecule has 1 aromatic heterocycles. The predicted molar refractivity (Wildman–Crippen MR) is 51.7 cm³/mol. The first-order chi connectivity index (χ1) is 6.69. The molecule has 14 heavy (non-hydrogen) atoms. The molecular weight excluding hydrogens is 202 g/mol. The maximum absolute atomic E-state index is 11.3. The molecule has 0 N–H and O–H groups in total. The van der Waals surface area contributed by atoms with Crippen molar-refractivity contribution in [3.05, 3.63) is 16.5 Å². The molecule has 0 amide bonds. The first-order valence-electron chi connectivity index (χ1n) is 3.96. The highest BCUT2D eigenvalue weighted by Gasteiger charge is 2.17. The summed E-state index contributed by atoms with van der Waals surface area (Å²) >= 11 is 1.09. The van der Waals surface area contributed by atoms with Crippen molar-refractivity contribution in [2.75, 3.05) is 6.61 Å². The second kappa shape index (κ2) is 4.64. The van der Waals surface area contributed by atoms with Crippen LogP contribution in [0.25, 0.3) is 11.0 Å². The van der Waals surface area contributed by atoms with Crippen molar-refractivity contribution in [2.45, 2.75) is 6.92 Å². The number of aryl methyl sites for hydroxylation is 1. The molecule has 1 rings (SSSR count). The molecule has 0 fully saturated rings. The van der Waals surface area contributed by atoms with Gasteiger partial charge in [-0.05, 0) is 6.92 Å². The number of ether oxygens (including phenoxy) is 1. The Kier molecular flexibility index (Phi) is 3.50. The molecule has 0 atom stereocenters. The smallest absolute Gasteiger partial charge is 0.345 e. The summed E-state index contributed by atoms with van der Waals surface area (Å²) < 4.78 is 10.2. The van der Waals surface area contributed by atoms with Crippen LogP contribution in [-0.2, 0) is 16.6 Å². The number of rotatable bonds is 3. The lowest BCUT2D eigenvalue weighted by molar-refractivity contribution is -0.722. The normalized spacial score (nSPS) is 9.29. The highest BCUT2D eigenvalue weighted by Crippen LogP contribution is 2.14. The van der Waals surface area contributed by atoms with E-state index in [1.165, 1.54) is 4.68 Å². The molecule has 0 aliphatic rings. The Hall–Kier alpha value is -1.52. The number of aromatic nitrogens is 2. The fourth-order valence-electron chi connectivity index (χ4n) is 0.840. The van der Waals surface area contributed by atoms with Crippen LogP contribution in [0.3, 0.4) is 0 Å². The Morgan fingerprint density at radius 1 is 1.86 bits per heavy atom. The van der Waals surface area contributed by atoms with Crippen LogP contribution in [0, 0.1) is 0 Å². The number of carbonyl (C=O) groups is 1. The lowest BCUT2D eigenvalue weighted by Gasteiger charge is -2.00. The first-order valence-corrected chi connectivity index (χ1v) is 4.73. The van der Waals surface area contributed by atoms with Crippen LogP contribution >= 0.6 is 11.5 Å². The number of nitrogens with zero attached hydrogens (tertiary/aromatic N) is 3. The molecule has 0 radical (unpaired) electrons. The van der Waals surface area contributed by atoms with Gasteiger partial charge in [-0.2, -0.15) is 0 Å². The second-order valence-electron chi connectivity index (χ2n) is 2.45. The van der Waals surface area contributed by atoms with Gasteiger partial charge in [-0.15, -0.1) is 0 Å². The molecule has 0 saturated carbocycles. The van der Waals surface area contributed by atoms with Crippen LogP contribution in [0.2, 0.25) is 0 Å².